The molecule has 0 heterocycles. The summed E-state index contributed by atoms with van der Waals surface area (Å²) in [6.07, 6.45) is -0.0506. The van der Waals surface area contributed by atoms with E-state index in [9.17, 15) is 19.7 Å². The zero-order chi connectivity index (χ0) is 18.4. The maximum atomic E-state index is 12.1. The van der Waals surface area contributed by atoms with Crippen LogP contribution >= 0.6 is 11.6 Å². The normalized spacial score (nSPS) is 10.0. The smallest absolute Gasteiger partial charge is 0.273 e. The third-order valence-corrected chi connectivity index (χ3v) is 3.47. The maximum absolute atomic E-state index is 12.1. The number of nitrogens with zero attached hydrogens (tertiary/aromatic N) is 1. The van der Waals surface area contributed by atoms with E-state index in [1.165, 1.54) is 43.5 Å². The number of carbonyl (C=O) groups excluding carboxylic acids is 2. The van der Waals surface area contributed by atoms with Crippen LogP contribution in [-0.2, 0) is 11.2 Å². The second-order valence-corrected chi connectivity index (χ2v) is 5.38. The number of ether oxygens (including phenoxy) is 1. The van der Waals surface area contributed by atoms with Gasteiger partial charge in [-0.3, -0.25) is 30.6 Å². The van der Waals surface area contributed by atoms with Gasteiger partial charge in [-0.15, -0.1) is 0 Å². The van der Waals surface area contributed by atoms with Gasteiger partial charge in [0, 0.05) is 17.2 Å². The van der Waals surface area contributed by atoms with Gasteiger partial charge < -0.3 is 4.74 Å². The first kappa shape index (κ1) is 18.2. The van der Waals surface area contributed by atoms with E-state index in [1.807, 2.05) is 0 Å². The molecule has 0 aliphatic carbocycles. The Morgan fingerprint density at radius 2 is 1.84 bits per heavy atom. The number of methoxy groups -OCH3 is 1. The first-order valence-electron chi connectivity index (χ1n) is 7.06. The van der Waals surface area contributed by atoms with Crippen LogP contribution in [0.3, 0.4) is 0 Å². The number of nitro groups is 1. The number of hydrogen-bond donors (Lipinski definition) is 2. The van der Waals surface area contributed by atoms with E-state index in [-0.39, 0.29) is 17.7 Å². The largest absolute Gasteiger partial charge is 0.496 e. The summed E-state index contributed by atoms with van der Waals surface area (Å²) in [7, 11) is 1.41. The molecule has 0 radical (unpaired) electrons. The lowest BCUT2D eigenvalue weighted by atomic mass is 10.1. The molecule has 0 aromatic heterocycles. The Kier molecular flexibility index (Phi) is 5.91. The number of hydrogen-bond acceptors (Lipinski definition) is 5. The molecular weight excluding hydrogens is 350 g/mol. The average Bonchev–Trinajstić information content (AvgIpc) is 2.60. The van der Waals surface area contributed by atoms with Gasteiger partial charge in [-0.2, -0.15) is 0 Å². The number of non-ortho nitro benzene ring substituents is 1. The molecule has 0 atom stereocenters. The summed E-state index contributed by atoms with van der Waals surface area (Å²) < 4.78 is 5.07. The number of hydrazine groups is 1. The standard InChI is InChI=1S/C16H14ClN3O5/c1-25-14-7-4-11(17)9-13(14)16(22)19-18-15(21)8-10-2-5-12(6-3-10)20(23)24/h2-7,9H,8H2,1H3,(H,18,21)(H,19,22). The number of carbonyl (C=O) groups is 2. The molecule has 2 rings (SSSR count). The van der Waals surface area contributed by atoms with E-state index in [4.69, 9.17) is 16.3 Å². The van der Waals surface area contributed by atoms with Crippen molar-refractivity contribution in [2.45, 2.75) is 6.42 Å². The fourth-order valence-corrected chi connectivity index (χ4v) is 2.19. The molecule has 8 nitrogen and oxygen atoms in total. The van der Waals surface area contributed by atoms with Gasteiger partial charge in [-0.25, -0.2) is 0 Å². The summed E-state index contributed by atoms with van der Waals surface area (Å²) in [5.41, 5.74) is 5.21. The third kappa shape index (κ3) is 4.92. The molecule has 0 saturated heterocycles. The van der Waals surface area contributed by atoms with Crippen LogP contribution in [0, 0.1) is 10.1 Å². The Morgan fingerprint density at radius 1 is 1.16 bits per heavy atom. The lowest BCUT2D eigenvalue weighted by molar-refractivity contribution is -0.384. The Labute approximate surface area is 147 Å². The molecule has 0 saturated carbocycles. The van der Waals surface area contributed by atoms with Crippen molar-refractivity contribution in [3.05, 3.63) is 68.7 Å². The summed E-state index contributed by atoms with van der Waals surface area (Å²) in [6, 6.07) is 10.1. The molecule has 0 bridgehead atoms. The van der Waals surface area contributed by atoms with Crippen molar-refractivity contribution in [3.8, 4) is 5.75 Å². The van der Waals surface area contributed by atoms with Crippen LogP contribution in [-0.4, -0.2) is 23.8 Å². The molecular formula is C16H14ClN3O5. The number of rotatable bonds is 5. The fourth-order valence-electron chi connectivity index (χ4n) is 2.02. The van der Waals surface area contributed by atoms with E-state index in [1.54, 1.807) is 6.07 Å². The van der Waals surface area contributed by atoms with Gasteiger partial charge in [0.25, 0.3) is 11.6 Å². The Bertz CT molecular complexity index is 808. The summed E-state index contributed by atoms with van der Waals surface area (Å²) in [4.78, 5) is 34.0. The second kappa shape index (κ2) is 8.11. The Morgan fingerprint density at radius 3 is 2.44 bits per heavy atom. The molecule has 0 aliphatic heterocycles. The van der Waals surface area contributed by atoms with Crippen LogP contribution in [0.25, 0.3) is 0 Å². The molecule has 2 aromatic rings. The summed E-state index contributed by atoms with van der Waals surface area (Å²) in [6.45, 7) is 0. The van der Waals surface area contributed by atoms with Gasteiger partial charge in [0.2, 0.25) is 5.91 Å². The molecule has 2 amide bonds. The summed E-state index contributed by atoms with van der Waals surface area (Å²) >= 11 is 5.85. The van der Waals surface area contributed by atoms with Gasteiger partial charge >= 0.3 is 0 Å². The SMILES string of the molecule is COc1ccc(Cl)cc1C(=O)NNC(=O)Cc1ccc([N+](=O)[O-])cc1. The van der Waals surface area contributed by atoms with E-state index in [2.05, 4.69) is 10.9 Å². The minimum atomic E-state index is -0.587. The van der Waals surface area contributed by atoms with Crippen LogP contribution in [0.1, 0.15) is 15.9 Å². The van der Waals surface area contributed by atoms with Crippen molar-refractivity contribution in [1.29, 1.82) is 0 Å². The first-order valence-corrected chi connectivity index (χ1v) is 7.44. The van der Waals surface area contributed by atoms with Crippen LogP contribution in [0.2, 0.25) is 5.02 Å². The van der Waals surface area contributed by atoms with Crippen molar-refractivity contribution in [2.24, 2.45) is 0 Å². The minimum Gasteiger partial charge on any atom is -0.496 e. The van der Waals surface area contributed by atoms with Crippen molar-refractivity contribution in [3.63, 3.8) is 0 Å². The molecule has 9 heteroatoms. The highest BCUT2D eigenvalue weighted by atomic mass is 35.5. The highest BCUT2D eigenvalue weighted by molar-refractivity contribution is 6.31. The van der Waals surface area contributed by atoms with Gasteiger partial charge in [0.1, 0.15) is 5.75 Å². The second-order valence-electron chi connectivity index (χ2n) is 4.95. The van der Waals surface area contributed by atoms with Crippen LogP contribution in [0.4, 0.5) is 5.69 Å². The van der Waals surface area contributed by atoms with Gasteiger partial charge in [-0.1, -0.05) is 23.7 Å². The van der Waals surface area contributed by atoms with E-state index in [0.717, 1.165) is 0 Å². The molecule has 2 N–H and O–H groups in total. The Hall–Kier alpha value is -3.13. The third-order valence-electron chi connectivity index (χ3n) is 3.23. The average molecular weight is 364 g/mol. The predicted octanol–water partition coefficient (Wildman–Crippen LogP) is 2.26. The highest BCUT2D eigenvalue weighted by Gasteiger charge is 2.14. The van der Waals surface area contributed by atoms with Crippen LogP contribution in [0.15, 0.2) is 42.5 Å². The van der Waals surface area contributed by atoms with E-state index in [0.29, 0.717) is 16.3 Å². The number of nitrogens with one attached hydrogen (secondary N) is 2. The van der Waals surface area contributed by atoms with Gasteiger partial charge in [-0.05, 0) is 23.8 Å². The number of nitro benzene ring substituents is 1. The van der Waals surface area contributed by atoms with Crippen molar-refractivity contribution in [2.75, 3.05) is 7.11 Å². The number of halogens is 1. The lowest BCUT2D eigenvalue weighted by Gasteiger charge is -2.10. The van der Waals surface area contributed by atoms with Gasteiger partial charge in [0.15, 0.2) is 0 Å². The summed E-state index contributed by atoms with van der Waals surface area (Å²) in [5, 5.41) is 10.9. The Balaban J connectivity index is 1.94. The zero-order valence-electron chi connectivity index (χ0n) is 13.1. The van der Waals surface area contributed by atoms with Crippen molar-refractivity contribution < 1.29 is 19.2 Å². The lowest BCUT2D eigenvalue weighted by Crippen LogP contribution is -2.42. The molecule has 2 aromatic carbocycles. The fraction of sp³-hybridized carbons (Fsp3) is 0.125. The molecule has 0 spiro atoms. The monoisotopic (exact) mass is 363 g/mol. The zero-order valence-corrected chi connectivity index (χ0v) is 13.9. The quantitative estimate of drug-likeness (QED) is 0.625. The number of amides is 2. The van der Waals surface area contributed by atoms with Gasteiger partial charge in [0.05, 0.1) is 24.0 Å². The topological polar surface area (TPSA) is 111 Å². The first-order chi connectivity index (χ1) is 11.9. The molecule has 0 fully saturated rings. The van der Waals surface area contributed by atoms with E-state index < -0.39 is 16.7 Å². The van der Waals surface area contributed by atoms with Crippen molar-refractivity contribution in [1.82, 2.24) is 10.9 Å². The van der Waals surface area contributed by atoms with Crippen molar-refractivity contribution >= 4 is 29.1 Å². The van der Waals surface area contributed by atoms with Crippen LogP contribution < -0.4 is 15.6 Å². The predicted molar refractivity (Wildman–Crippen MR) is 90.4 cm³/mol. The molecule has 0 aliphatic rings. The maximum Gasteiger partial charge on any atom is 0.273 e. The molecule has 25 heavy (non-hydrogen) atoms. The highest BCUT2D eigenvalue weighted by Crippen LogP contribution is 2.22. The molecule has 130 valence electrons. The van der Waals surface area contributed by atoms with E-state index >= 15 is 0 Å². The van der Waals surface area contributed by atoms with Crippen LogP contribution in [0.5, 0.6) is 5.75 Å². The minimum absolute atomic E-state index is 0.0506. The molecule has 0 unspecified atom stereocenters. The summed E-state index contributed by atoms with van der Waals surface area (Å²) in [5.74, 6) is -0.758. The number of benzene rings is 2.